The molecule has 0 aliphatic heterocycles. The molecule has 4 rings (SSSR count). The monoisotopic (exact) mass is 232 g/mol. The van der Waals surface area contributed by atoms with E-state index < -0.39 is 0 Å². The lowest BCUT2D eigenvalue weighted by Crippen LogP contribution is -1.94. The average molecular weight is 232 g/mol. The van der Waals surface area contributed by atoms with Gasteiger partial charge < -0.3 is 0 Å². The Morgan fingerprint density at radius 1 is 0.500 bits per heavy atom. The van der Waals surface area contributed by atoms with E-state index in [1.165, 1.54) is 10.8 Å². The molecule has 4 aromatic rings. The van der Waals surface area contributed by atoms with E-state index in [4.69, 9.17) is 0 Å². The number of benzene rings is 3. The van der Waals surface area contributed by atoms with Gasteiger partial charge in [0.1, 0.15) is 11.0 Å². The molecule has 0 radical (unpaired) electrons. The van der Waals surface area contributed by atoms with E-state index in [0.717, 1.165) is 21.8 Å². The van der Waals surface area contributed by atoms with Gasteiger partial charge in [0.2, 0.25) is 0 Å². The van der Waals surface area contributed by atoms with Crippen molar-refractivity contribution in [1.82, 2.24) is 20.6 Å². The standard InChI is InChI=1S/C14H8N4/c1-3-7-11-9(5-1)10-6-2-4-8-12(10)14-13(11)15-17-18-16-14/h1-8H. The van der Waals surface area contributed by atoms with Crippen LogP contribution in [0.5, 0.6) is 0 Å². The highest BCUT2D eigenvalue weighted by Crippen LogP contribution is 2.31. The minimum Gasteiger partial charge on any atom is -0.126 e. The van der Waals surface area contributed by atoms with Gasteiger partial charge in [-0.15, -0.1) is 10.2 Å². The quantitative estimate of drug-likeness (QED) is 0.437. The van der Waals surface area contributed by atoms with Crippen molar-refractivity contribution in [2.75, 3.05) is 0 Å². The largest absolute Gasteiger partial charge is 0.126 e. The molecule has 0 atom stereocenters. The van der Waals surface area contributed by atoms with Crippen molar-refractivity contribution in [2.45, 2.75) is 0 Å². The first-order chi connectivity index (χ1) is 8.95. The molecular formula is C14H8N4. The zero-order chi connectivity index (χ0) is 11.9. The van der Waals surface area contributed by atoms with Crippen LogP contribution in [0.15, 0.2) is 48.5 Å². The predicted molar refractivity (Wildman–Crippen MR) is 70.1 cm³/mol. The fraction of sp³-hybridized carbons (Fsp3) is 0. The summed E-state index contributed by atoms with van der Waals surface area (Å²) in [6.07, 6.45) is 0. The highest BCUT2D eigenvalue weighted by molar-refractivity contribution is 6.22. The Bertz CT molecular complexity index is 665. The van der Waals surface area contributed by atoms with Gasteiger partial charge in [0.05, 0.1) is 0 Å². The third-order valence-corrected chi connectivity index (χ3v) is 3.21. The van der Waals surface area contributed by atoms with Gasteiger partial charge in [-0.3, -0.25) is 0 Å². The Morgan fingerprint density at radius 2 is 0.889 bits per heavy atom. The molecule has 4 heteroatoms. The van der Waals surface area contributed by atoms with Crippen molar-refractivity contribution in [1.29, 1.82) is 0 Å². The molecule has 3 aromatic carbocycles. The molecule has 0 saturated carbocycles. The maximum absolute atomic E-state index is 4.14. The molecule has 0 fully saturated rings. The van der Waals surface area contributed by atoms with Crippen molar-refractivity contribution < 1.29 is 0 Å². The summed E-state index contributed by atoms with van der Waals surface area (Å²) < 4.78 is 0. The van der Waals surface area contributed by atoms with Gasteiger partial charge >= 0.3 is 0 Å². The van der Waals surface area contributed by atoms with E-state index in [1.807, 2.05) is 36.4 Å². The number of hydrogen-bond acceptors (Lipinski definition) is 4. The summed E-state index contributed by atoms with van der Waals surface area (Å²) in [5, 5.41) is 20.1. The van der Waals surface area contributed by atoms with E-state index in [0.29, 0.717) is 0 Å². The molecule has 0 unspecified atom stereocenters. The molecule has 0 amide bonds. The minimum atomic E-state index is 0.805. The second-order valence-corrected chi connectivity index (χ2v) is 4.17. The fourth-order valence-electron chi connectivity index (χ4n) is 2.44. The number of rotatable bonds is 0. The van der Waals surface area contributed by atoms with Crippen molar-refractivity contribution in [3.8, 4) is 0 Å². The molecule has 0 bridgehead atoms. The second-order valence-electron chi connectivity index (χ2n) is 4.17. The highest BCUT2D eigenvalue weighted by Gasteiger charge is 2.09. The SMILES string of the molecule is c1ccc2c(c1)c1ccccc1c1nnnnc21. The minimum absolute atomic E-state index is 0.805. The van der Waals surface area contributed by atoms with Crippen molar-refractivity contribution >= 4 is 32.6 Å². The van der Waals surface area contributed by atoms with Crippen LogP contribution in [-0.2, 0) is 0 Å². The lowest BCUT2D eigenvalue weighted by molar-refractivity contribution is 0.800. The van der Waals surface area contributed by atoms with Gasteiger partial charge in [0, 0.05) is 10.8 Å². The number of aromatic nitrogens is 4. The van der Waals surface area contributed by atoms with Gasteiger partial charge in [0.25, 0.3) is 0 Å². The van der Waals surface area contributed by atoms with Gasteiger partial charge in [-0.05, 0) is 21.2 Å². The molecule has 0 aliphatic rings. The first-order valence-corrected chi connectivity index (χ1v) is 5.70. The van der Waals surface area contributed by atoms with Crippen LogP contribution < -0.4 is 0 Å². The van der Waals surface area contributed by atoms with Crippen molar-refractivity contribution in [2.24, 2.45) is 0 Å². The Labute approximate surface area is 102 Å². The van der Waals surface area contributed by atoms with Crippen molar-refractivity contribution in [3.05, 3.63) is 48.5 Å². The van der Waals surface area contributed by atoms with Crippen LogP contribution in [0.3, 0.4) is 0 Å². The van der Waals surface area contributed by atoms with Crippen LogP contribution in [0, 0.1) is 0 Å². The Balaban J connectivity index is 2.46. The Kier molecular flexibility index (Phi) is 1.80. The summed E-state index contributed by atoms with van der Waals surface area (Å²) in [5.41, 5.74) is 1.61. The summed E-state index contributed by atoms with van der Waals surface area (Å²) >= 11 is 0. The molecule has 1 aromatic heterocycles. The predicted octanol–water partition coefficient (Wildman–Crippen LogP) is 2.73. The molecule has 0 spiro atoms. The first kappa shape index (κ1) is 9.41. The van der Waals surface area contributed by atoms with Gasteiger partial charge in [-0.2, -0.15) is 0 Å². The van der Waals surface area contributed by atoms with Gasteiger partial charge in [-0.1, -0.05) is 48.5 Å². The summed E-state index contributed by atoms with van der Waals surface area (Å²) in [6.45, 7) is 0. The smallest absolute Gasteiger partial charge is 0.124 e. The van der Waals surface area contributed by atoms with Gasteiger partial charge in [0.15, 0.2) is 0 Å². The lowest BCUT2D eigenvalue weighted by Gasteiger charge is -2.06. The first-order valence-electron chi connectivity index (χ1n) is 5.70. The lowest BCUT2D eigenvalue weighted by atomic mass is 10.00. The Hall–Kier alpha value is -2.62. The van der Waals surface area contributed by atoms with E-state index in [-0.39, 0.29) is 0 Å². The molecule has 84 valence electrons. The van der Waals surface area contributed by atoms with Crippen molar-refractivity contribution in [3.63, 3.8) is 0 Å². The van der Waals surface area contributed by atoms with Crippen LogP contribution >= 0.6 is 0 Å². The number of hydrogen-bond donors (Lipinski definition) is 0. The fourth-order valence-corrected chi connectivity index (χ4v) is 2.44. The third-order valence-electron chi connectivity index (χ3n) is 3.21. The van der Waals surface area contributed by atoms with Crippen LogP contribution in [0.2, 0.25) is 0 Å². The maximum Gasteiger partial charge on any atom is 0.124 e. The number of fused-ring (bicyclic) bond motifs is 6. The summed E-state index contributed by atoms with van der Waals surface area (Å²) in [7, 11) is 0. The topological polar surface area (TPSA) is 51.6 Å². The summed E-state index contributed by atoms with van der Waals surface area (Å²) in [6, 6.07) is 16.3. The van der Waals surface area contributed by atoms with Crippen LogP contribution in [0.25, 0.3) is 32.6 Å². The molecule has 1 heterocycles. The van der Waals surface area contributed by atoms with E-state index >= 15 is 0 Å². The molecule has 0 N–H and O–H groups in total. The highest BCUT2D eigenvalue weighted by atomic mass is 15.4. The zero-order valence-electron chi connectivity index (χ0n) is 9.41. The summed E-state index contributed by atoms with van der Waals surface area (Å²) in [5.74, 6) is 0. The zero-order valence-corrected chi connectivity index (χ0v) is 9.41. The van der Waals surface area contributed by atoms with E-state index in [9.17, 15) is 0 Å². The molecule has 0 aliphatic carbocycles. The number of nitrogens with zero attached hydrogens (tertiary/aromatic N) is 4. The molecule has 4 nitrogen and oxygen atoms in total. The third kappa shape index (κ3) is 1.14. The maximum atomic E-state index is 4.14. The van der Waals surface area contributed by atoms with E-state index in [1.54, 1.807) is 0 Å². The van der Waals surface area contributed by atoms with Crippen LogP contribution in [-0.4, -0.2) is 20.6 Å². The van der Waals surface area contributed by atoms with E-state index in [2.05, 4.69) is 32.8 Å². The van der Waals surface area contributed by atoms with Crippen LogP contribution in [0.4, 0.5) is 0 Å². The van der Waals surface area contributed by atoms with Gasteiger partial charge in [-0.25, -0.2) is 0 Å². The molecular weight excluding hydrogens is 224 g/mol. The van der Waals surface area contributed by atoms with Crippen LogP contribution in [0.1, 0.15) is 0 Å². The average Bonchev–Trinajstić information content (AvgIpc) is 2.48. The summed E-state index contributed by atoms with van der Waals surface area (Å²) in [4.78, 5) is 0. The molecule has 18 heavy (non-hydrogen) atoms. The normalized spacial score (nSPS) is 11.3. The second kappa shape index (κ2) is 3.43. The Morgan fingerprint density at radius 3 is 1.33 bits per heavy atom. The molecule has 0 saturated heterocycles.